The van der Waals surface area contributed by atoms with Crippen LogP contribution >= 0.6 is 0 Å². The van der Waals surface area contributed by atoms with E-state index in [0.717, 1.165) is 47.9 Å². The number of hydrogen-bond donors (Lipinski definition) is 3. The molecule has 0 saturated carbocycles. The van der Waals surface area contributed by atoms with E-state index in [-0.39, 0.29) is 17.9 Å². The maximum atomic E-state index is 13.7. The Labute approximate surface area is 227 Å². The van der Waals surface area contributed by atoms with E-state index in [9.17, 15) is 14.7 Å². The van der Waals surface area contributed by atoms with Gasteiger partial charge in [-0.1, -0.05) is 78.9 Å². The lowest BCUT2D eigenvalue weighted by molar-refractivity contribution is -0.945. The summed E-state index contributed by atoms with van der Waals surface area (Å²) in [7, 11) is 0. The number of aromatic nitrogens is 2. The van der Waals surface area contributed by atoms with Gasteiger partial charge in [-0.15, -0.1) is 0 Å². The number of para-hydroxylation sites is 1. The van der Waals surface area contributed by atoms with Crippen LogP contribution in [0.1, 0.15) is 34.5 Å². The van der Waals surface area contributed by atoms with Gasteiger partial charge < -0.3 is 19.6 Å². The van der Waals surface area contributed by atoms with Crippen molar-refractivity contribution in [3.63, 3.8) is 0 Å². The number of carbonyl (C=O) groups excluding carboxylic acids is 2. The molecular weight excluding hydrogens is 492 g/mol. The van der Waals surface area contributed by atoms with Crippen LogP contribution in [0.4, 0.5) is 0 Å². The number of ether oxygens (including phenoxy) is 1. The van der Waals surface area contributed by atoms with Crippen molar-refractivity contribution in [1.29, 1.82) is 0 Å². The number of nitrogens with zero attached hydrogens (tertiary/aromatic N) is 2. The first-order valence-electron chi connectivity index (χ1n) is 13.6. The summed E-state index contributed by atoms with van der Waals surface area (Å²) in [6.07, 6.45) is 1.61. The molecule has 8 heteroatoms. The average Bonchev–Trinajstić information content (AvgIpc) is 3.42. The smallest absolute Gasteiger partial charge is 0.348 e. The summed E-state index contributed by atoms with van der Waals surface area (Å²) in [5, 5.41) is 22.8. The first kappa shape index (κ1) is 25.3. The molecule has 3 aliphatic rings. The molecule has 2 bridgehead atoms. The molecule has 39 heavy (non-hydrogen) atoms. The van der Waals surface area contributed by atoms with Crippen LogP contribution in [0.2, 0.25) is 0 Å². The van der Waals surface area contributed by atoms with E-state index < -0.39 is 11.6 Å². The van der Waals surface area contributed by atoms with Crippen LogP contribution in [0.25, 0.3) is 10.9 Å². The van der Waals surface area contributed by atoms with Gasteiger partial charge in [-0.05, 0) is 17.2 Å². The highest BCUT2D eigenvalue weighted by Crippen LogP contribution is 2.38. The molecule has 1 aromatic heterocycles. The van der Waals surface area contributed by atoms with E-state index in [2.05, 4.69) is 15.5 Å². The molecule has 0 radical (unpaired) electrons. The van der Waals surface area contributed by atoms with Crippen LogP contribution in [0.5, 0.6) is 0 Å². The van der Waals surface area contributed by atoms with Crippen LogP contribution < -0.4 is 5.32 Å². The second-order valence-corrected chi connectivity index (χ2v) is 10.8. The molecule has 7 rings (SSSR count). The van der Waals surface area contributed by atoms with E-state index in [4.69, 9.17) is 4.74 Å². The van der Waals surface area contributed by atoms with Crippen LogP contribution in [-0.2, 0) is 15.1 Å². The van der Waals surface area contributed by atoms with E-state index in [1.54, 1.807) is 24.3 Å². The van der Waals surface area contributed by atoms with Crippen LogP contribution in [0.3, 0.4) is 0 Å². The Morgan fingerprint density at radius 3 is 2.23 bits per heavy atom. The fraction of sp³-hybridized carbons (Fsp3) is 0.323. The quantitative estimate of drug-likeness (QED) is 0.242. The van der Waals surface area contributed by atoms with Crippen LogP contribution in [-0.4, -0.2) is 70.5 Å². The van der Waals surface area contributed by atoms with Gasteiger partial charge in [0.25, 0.3) is 5.91 Å². The number of benzene rings is 3. The highest BCUT2D eigenvalue weighted by atomic mass is 16.6. The number of fused-ring (bicyclic) bond motifs is 4. The summed E-state index contributed by atoms with van der Waals surface area (Å²) < 4.78 is 6.94. The zero-order valence-electron chi connectivity index (χ0n) is 21.8. The standard InChI is InChI=1S/C31H32N4O4/c36-29(28-25-13-7-8-14-26(25)33-34-28)32-17-20-35-18-15-22(16-19-35)27(21-35)39-30(37)31(38,23-9-3-1-4-10-23)24-11-5-2-6-12-24/h1-14,22,27,38H,15-21H2,(H-,32,33,34,36)/p+1/t22?,27-,35?/m0/s1. The molecule has 3 fully saturated rings. The monoisotopic (exact) mass is 525 g/mol. The lowest BCUT2D eigenvalue weighted by atomic mass is 9.82. The molecule has 1 amide bonds. The largest absolute Gasteiger partial charge is 0.453 e. The Hall–Kier alpha value is -4.01. The zero-order valence-corrected chi connectivity index (χ0v) is 21.8. The van der Waals surface area contributed by atoms with Gasteiger partial charge in [-0.2, -0.15) is 5.10 Å². The third kappa shape index (κ3) is 4.70. The molecule has 8 nitrogen and oxygen atoms in total. The van der Waals surface area contributed by atoms with Crippen molar-refractivity contribution in [1.82, 2.24) is 15.5 Å². The van der Waals surface area contributed by atoms with Crippen molar-refractivity contribution in [2.24, 2.45) is 5.92 Å². The number of amides is 1. The van der Waals surface area contributed by atoms with Gasteiger partial charge in [-0.3, -0.25) is 9.89 Å². The minimum Gasteiger partial charge on any atom is -0.453 e. The van der Waals surface area contributed by atoms with E-state index >= 15 is 0 Å². The van der Waals surface area contributed by atoms with Crippen molar-refractivity contribution >= 4 is 22.8 Å². The summed E-state index contributed by atoms with van der Waals surface area (Å²) >= 11 is 0. The zero-order chi connectivity index (χ0) is 26.9. The topological polar surface area (TPSA) is 104 Å². The molecule has 0 aliphatic carbocycles. The van der Waals surface area contributed by atoms with Gasteiger partial charge in [0.05, 0.1) is 31.7 Å². The number of hydrogen-bond acceptors (Lipinski definition) is 5. The minimum atomic E-state index is -1.89. The summed E-state index contributed by atoms with van der Waals surface area (Å²) in [4.78, 5) is 26.6. The number of aliphatic hydroxyl groups is 1. The van der Waals surface area contributed by atoms with Gasteiger partial charge >= 0.3 is 5.97 Å². The van der Waals surface area contributed by atoms with Gasteiger partial charge in [0.15, 0.2) is 11.8 Å². The second kappa shape index (κ2) is 10.3. The fourth-order valence-corrected chi connectivity index (χ4v) is 6.28. The molecule has 4 aromatic rings. The maximum absolute atomic E-state index is 13.7. The van der Waals surface area contributed by atoms with E-state index in [1.807, 2.05) is 60.7 Å². The fourth-order valence-electron chi connectivity index (χ4n) is 6.28. The molecule has 0 unspecified atom stereocenters. The highest BCUT2D eigenvalue weighted by Gasteiger charge is 2.50. The Kier molecular flexibility index (Phi) is 6.66. The first-order valence-corrected chi connectivity index (χ1v) is 13.6. The SMILES string of the molecule is O=C(NCC[N+]12CCC(CC1)[C@@H](OC(=O)C(O)(c1ccccc1)c1ccccc1)C2)c1n[nH]c2ccccc12. The summed E-state index contributed by atoms with van der Waals surface area (Å²) in [5.74, 6) is -0.568. The van der Waals surface area contributed by atoms with E-state index in [0.29, 0.717) is 29.9 Å². The Balaban J connectivity index is 1.14. The van der Waals surface area contributed by atoms with Crippen molar-refractivity contribution in [3.05, 3.63) is 102 Å². The van der Waals surface area contributed by atoms with Crippen LogP contribution in [0, 0.1) is 5.92 Å². The normalized spacial score (nSPS) is 22.5. The third-order valence-electron chi connectivity index (χ3n) is 8.54. The highest BCUT2D eigenvalue weighted by molar-refractivity contribution is 6.04. The first-order chi connectivity index (χ1) is 19.0. The van der Waals surface area contributed by atoms with Crippen molar-refractivity contribution < 1.29 is 23.9 Å². The molecular formula is C31H33N4O4+. The summed E-state index contributed by atoms with van der Waals surface area (Å²) in [6, 6.07) is 25.5. The third-order valence-corrected chi connectivity index (χ3v) is 8.54. The number of carbonyl (C=O) groups is 2. The lowest BCUT2D eigenvalue weighted by Crippen LogP contribution is -2.66. The number of esters is 1. The molecule has 3 saturated heterocycles. The van der Waals surface area contributed by atoms with Gasteiger partial charge in [-0.25, -0.2) is 4.79 Å². The number of aromatic amines is 1. The predicted molar refractivity (Wildman–Crippen MR) is 147 cm³/mol. The Morgan fingerprint density at radius 2 is 1.56 bits per heavy atom. The molecule has 0 spiro atoms. The van der Waals surface area contributed by atoms with Crippen LogP contribution in [0.15, 0.2) is 84.9 Å². The Morgan fingerprint density at radius 1 is 0.949 bits per heavy atom. The average molecular weight is 526 g/mol. The van der Waals surface area contributed by atoms with Gasteiger partial charge in [0.1, 0.15) is 6.54 Å². The number of piperidine rings is 3. The van der Waals surface area contributed by atoms with Crippen molar-refractivity contribution in [2.75, 3.05) is 32.7 Å². The van der Waals surface area contributed by atoms with Gasteiger partial charge in [0.2, 0.25) is 5.60 Å². The van der Waals surface area contributed by atoms with Crippen molar-refractivity contribution in [3.8, 4) is 0 Å². The maximum Gasteiger partial charge on any atom is 0.348 e. The number of nitrogens with one attached hydrogen (secondary N) is 2. The number of rotatable bonds is 8. The number of quaternary nitrogens is 1. The molecule has 1 atom stereocenters. The molecule has 4 heterocycles. The summed E-state index contributed by atoms with van der Waals surface area (Å²) in [5.41, 5.74) is 0.314. The molecule has 3 aliphatic heterocycles. The predicted octanol–water partition coefficient (Wildman–Crippen LogP) is 3.38. The van der Waals surface area contributed by atoms with Crippen molar-refractivity contribution in [2.45, 2.75) is 24.5 Å². The number of H-pyrrole nitrogens is 1. The summed E-state index contributed by atoms with van der Waals surface area (Å²) in [6.45, 7) is 3.90. The Bertz CT molecular complexity index is 1420. The molecule has 3 N–H and O–H groups in total. The lowest BCUT2D eigenvalue weighted by Gasteiger charge is -2.52. The van der Waals surface area contributed by atoms with Gasteiger partial charge in [0, 0.05) is 24.1 Å². The molecule has 3 aromatic carbocycles. The minimum absolute atomic E-state index is 0.198. The van der Waals surface area contributed by atoms with E-state index in [1.165, 1.54) is 0 Å². The second-order valence-electron chi connectivity index (χ2n) is 10.8. The molecule has 200 valence electrons.